The monoisotopic (exact) mass is 335 g/mol. The molecule has 4 nitrogen and oxygen atoms in total. The van der Waals surface area contributed by atoms with Crippen LogP contribution in [0.15, 0.2) is 36.9 Å². The van der Waals surface area contributed by atoms with Gasteiger partial charge in [-0.05, 0) is 41.7 Å². The fourth-order valence-corrected chi connectivity index (χ4v) is 3.67. The number of aromatic nitrogens is 3. The molecular formula is C21H25N3O. The summed E-state index contributed by atoms with van der Waals surface area (Å²) in [5.74, 6) is 1.10. The number of hydrogen-bond donors (Lipinski definition) is 0. The predicted octanol–water partition coefficient (Wildman–Crippen LogP) is 4.10. The highest BCUT2D eigenvalue weighted by Crippen LogP contribution is 2.27. The molecule has 3 aromatic rings. The van der Waals surface area contributed by atoms with Crippen LogP contribution in [-0.4, -0.2) is 27.7 Å². The van der Waals surface area contributed by atoms with Crippen LogP contribution in [0, 0.1) is 12.8 Å². The Hall–Kier alpha value is -2.20. The van der Waals surface area contributed by atoms with E-state index >= 15 is 0 Å². The second-order valence-electron chi connectivity index (χ2n) is 7.42. The third kappa shape index (κ3) is 3.07. The molecule has 0 aromatic carbocycles. The molecule has 0 radical (unpaired) electrons. The molecule has 0 spiro atoms. The fourth-order valence-electron chi connectivity index (χ4n) is 3.67. The molecule has 0 atom stereocenters. The van der Waals surface area contributed by atoms with Crippen LogP contribution in [-0.2, 0) is 17.7 Å². The number of pyridine rings is 2. The van der Waals surface area contributed by atoms with Crippen molar-refractivity contribution in [3.63, 3.8) is 0 Å². The number of hydrogen-bond acceptors (Lipinski definition) is 3. The van der Waals surface area contributed by atoms with E-state index in [1.807, 2.05) is 18.6 Å². The Morgan fingerprint density at radius 1 is 1.24 bits per heavy atom. The van der Waals surface area contributed by atoms with Gasteiger partial charge in [-0.1, -0.05) is 13.8 Å². The Morgan fingerprint density at radius 2 is 2.08 bits per heavy atom. The molecular weight excluding hydrogens is 310 g/mol. The van der Waals surface area contributed by atoms with E-state index in [0.29, 0.717) is 11.8 Å². The summed E-state index contributed by atoms with van der Waals surface area (Å²) in [4.78, 5) is 9.10. The van der Waals surface area contributed by atoms with Crippen molar-refractivity contribution in [3.8, 4) is 0 Å². The third-order valence-corrected chi connectivity index (χ3v) is 5.21. The lowest BCUT2D eigenvalue weighted by Crippen LogP contribution is -2.31. The lowest BCUT2D eigenvalue weighted by molar-refractivity contribution is -0.0388. The second-order valence-corrected chi connectivity index (χ2v) is 7.42. The zero-order valence-corrected chi connectivity index (χ0v) is 15.2. The van der Waals surface area contributed by atoms with Crippen molar-refractivity contribution in [1.29, 1.82) is 0 Å². The highest BCUT2D eigenvalue weighted by molar-refractivity contribution is 5.82. The van der Waals surface area contributed by atoms with Gasteiger partial charge in [0.1, 0.15) is 0 Å². The van der Waals surface area contributed by atoms with Gasteiger partial charge >= 0.3 is 0 Å². The van der Waals surface area contributed by atoms with Crippen molar-refractivity contribution < 1.29 is 4.74 Å². The summed E-state index contributed by atoms with van der Waals surface area (Å²) in [5, 5.41) is 1.26. The Morgan fingerprint density at radius 3 is 2.80 bits per heavy atom. The van der Waals surface area contributed by atoms with E-state index in [1.54, 1.807) is 0 Å². The number of nitrogens with zero attached hydrogens (tertiary/aromatic N) is 3. The van der Waals surface area contributed by atoms with Crippen molar-refractivity contribution in [2.75, 3.05) is 13.2 Å². The first-order valence-electron chi connectivity index (χ1n) is 9.07. The van der Waals surface area contributed by atoms with E-state index in [-0.39, 0.29) is 0 Å². The number of ether oxygens (including phenoxy) is 1. The maximum absolute atomic E-state index is 5.32. The van der Waals surface area contributed by atoms with Crippen molar-refractivity contribution in [2.45, 2.75) is 39.7 Å². The summed E-state index contributed by atoms with van der Waals surface area (Å²) < 4.78 is 7.66. The van der Waals surface area contributed by atoms with Crippen molar-refractivity contribution >= 4 is 10.9 Å². The maximum Gasteiger partial charge on any atom is 0.0541 e. The molecule has 130 valence electrons. The van der Waals surface area contributed by atoms with Crippen LogP contribution in [0.4, 0.5) is 0 Å². The van der Waals surface area contributed by atoms with Crippen LogP contribution in [0.2, 0.25) is 0 Å². The molecule has 4 heteroatoms. The first kappa shape index (κ1) is 16.3. The summed E-state index contributed by atoms with van der Waals surface area (Å²) in [7, 11) is 0. The topological polar surface area (TPSA) is 39.9 Å². The molecule has 0 aliphatic carbocycles. The van der Waals surface area contributed by atoms with Crippen molar-refractivity contribution in [3.05, 3.63) is 59.3 Å². The van der Waals surface area contributed by atoms with E-state index in [9.17, 15) is 0 Å². The normalized spacial score (nSPS) is 15.0. The Kier molecular flexibility index (Phi) is 4.30. The highest BCUT2D eigenvalue weighted by atomic mass is 16.5. The Bertz CT molecular complexity index is 893. The number of fused-ring (bicyclic) bond motifs is 1. The third-order valence-electron chi connectivity index (χ3n) is 5.21. The predicted molar refractivity (Wildman–Crippen MR) is 99.9 cm³/mol. The SMILES string of the molecule is Cc1cncc(C(C)C)c1Cc1nccc2c1ccn2CC1COC1. The summed E-state index contributed by atoms with van der Waals surface area (Å²) in [6.45, 7) is 9.39. The highest BCUT2D eigenvalue weighted by Gasteiger charge is 2.20. The maximum atomic E-state index is 5.32. The smallest absolute Gasteiger partial charge is 0.0541 e. The number of aryl methyl sites for hydroxylation is 1. The molecule has 0 bridgehead atoms. The first-order chi connectivity index (χ1) is 12.1. The molecule has 1 saturated heterocycles. The summed E-state index contributed by atoms with van der Waals surface area (Å²) >= 11 is 0. The summed E-state index contributed by atoms with van der Waals surface area (Å²) in [6, 6.07) is 4.34. The van der Waals surface area contributed by atoms with E-state index in [4.69, 9.17) is 9.72 Å². The van der Waals surface area contributed by atoms with Gasteiger partial charge in [-0.2, -0.15) is 0 Å². The van der Waals surface area contributed by atoms with Crippen LogP contribution >= 0.6 is 0 Å². The van der Waals surface area contributed by atoms with Crippen LogP contribution in [0.1, 0.15) is 42.1 Å². The minimum absolute atomic E-state index is 0.463. The average molecular weight is 335 g/mol. The van der Waals surface area contributed by atoms with E-state index in [1.165, 1.54) is 27.6 Å². The molecule has 0 unspecified atom stereocenters. The first-order valence-corrected chi connectivity index (χ1v) is 9.07. The Labute approximate surface area is 148 Å². The molecule has 0 N–H and O–H groups in total. The zero-order chi connectivity index (χ0) is 17.4. The molecule has 1 aliphatic rings. The molecule has 0 saturated carbocycles. The molecule has 4 rings (SSSR count). The molecule has 4 heterocycles. The minimum atomic E-state index is 0.463. The Balaban J connectivity index is 1.71. The largest absolute Gasteiger partial charge is 0.381 e. The summed E-state index contributed by atoms with van der Waals surface area (Å²) in [5.41, 5.74) is 6.36. The van der Waals surface area contributed by atoms with Crippen LogP contribution < -0.4 is 0 Å². The van der Waals surface area contributed by atoms with Gasteiger partial charge < -0.3 is 9.30 Å². The van der Waals surface area contributed by atoms with Gasteiger partial charge in [0.15, 0.2) is 0 Å². The second kappa shape index (κ2) is 6.60. The summed E-state index contributed by atoms with van der Waals surface area (Å²) in [6.07, 6.45) is 8.96. The van der Waals surface area contributed by atoms with Gasteiger partial charge in [0.25, 0.3) is 0 Å². The van der Waals surface area contributed by atoms with Gasteiger partial charge in [-0.25, -0.2) is 0 Å². The molecule has 1 fully saturated rings. The minimum Gasteiger partial charge on any atom is -0.381 e. The standard InChI is InChI=1S/C21H25N3O/c1-14(2)19-10-22-9-15(3)18(19)8-20-17-5-7-24(11-16-12-25-13-16)21(17)4-6-23-20/h4-7,9-10,14,16H,8,11-13H2,1-3H3. The van der Waals surface area contributed by atoms with E-state index in [2.05, 4.69) is 48.7 Å². The van der Waals surface area contributed by atoms with E-state index < -0.39 is 0 Å². The van der Waals surface area contributed by atoms with Crippen molar-refractivity contribution in [2.24, 2.45) is 5.92 Å². The number of rotatable bonds is 5. The molecule has 3 aromatic heterocycles. The van der Waals surface area contributed by atoms with Gasteiger partial charge in [0.2, 0.25) is 0 Å². The van der Waals surface area contributed by atoms with E-state index in [0.717, 1.165) is 31.9 Å². The van der Waals surface area contributed by atoms with Gasteiger partial charge in [-0.3, -0.25) is 9.97 Å². The molecule has 0 amide bonds. The lowest BCUT2D eigenvalue weighted by Gasteiger charge is -2.26. The van der Waals surface area contributed by atoms with Gasteiger partial charge in [0.05, 0.1) is 24.4 Å². The van der Waals surface area contributed by atoms with Crippen LogP contribution in [0.25, 0.3) is 10.9 Å². The van der Waals surface area contributed by atoms with Gasteiger partial charge in [-0.15, -0.1) is 0 Å². The van der Waals surface area contributed by atoms with Crippen LogP contribution in [0.5, 0.6) is 0 Å². The van der Waals surface area contributed by atoms with Gasteiger partial charge in [0, 0.05) is 49.1 Å². The van der Waals surface area contributed by atoms with Crippen LogP contribution in [0.3, 0.4) is 0 Å². The fraction of sp³-hybridized carbons (Fsp3) is 0.429. The quantitative estimate of drug-likeness (QED) is 0.705. The lowest BCUT2D eigenvalue weighted by atomic mass is 9.93. The molecule has 1 aliphatic heterocycles. The molecule has 25 heavy (non-hydrogen) atoms. The zero-order valence-electron chi connectivity index (χ0n) is 15.2. The average Bonchev–Trinajstić information content (AvgIpc) is 2.96. The van der Waals surface area contributed by atoms with Crippen molar-refractivity contribution in [1.82, 2.24) is 14.5 Å².